The van der Waals surface area contributed by atoms with Gasteiger partial charge in [0.2, 0.25) is 0 Å². The van der Waals surface area contributed by atoms with Crippen molar-refractivity contribution >= 4 is 15.9 Å². The van der Waals surface area contributed by atoms with Crippen molar-refractivity contribution in [3.8, 4) is 17.9 Å². The van der Waals surface area contributed by atoms with Crippen molar-refractivity contribution in [2.45, 2.75) is 6.42 Å². The van der Waals surface area contributed by atoms with E-state index in [4.69, 9.17) is 15.3 Å². The molecule has 0 N–H and O–H groups in total. The Morgan fingerprint density at radius 1 is 1.43 bits per heavy atom. The first-order valence-electron chi connectivity index (χ1n) is 3.86. The van der Waals surface area contributed by atoms with Crippen LogP contribution in [-0.2, 0) is 6.42 Å². The molecule has 0 unspecified atom stereocenters. The van der Waals surface area contributed by atoms with Gasteiger partial charge in [-0.2, -0.15) is 10.5 Å². The Kier molecular flexibility index (Phi) is 3.50. The van der Waals surface area contributed by atoms with E-state index in [1.807, 2.05) is 12.1 Å². The maximum Gasteiger partial charge on any atom is 0.137 e. The zero-order valence-corrected chi connectivity index (χ0v) is 9.13. The number of ether oxygens (including phenoxy) is 1. The molecule has 0 aliphatic heterocycles. The van der Waals surface area contributed by atoms with Gasteiger partial charge in [-0.05, 0) is 28.1 Å². The van der Waals surface area contributed by atoms with E-state index in [1.54, 1.807) is 12.1 Å². The number of hydrogen-bond acceptors (Lipinski definition) is 3. The zero-order valence-electron chi connectivity index (χ0n) is 7.54. The predicted octanol–water partition coefficient (Wildman–Crippen LogP) is 2.40. The van der Waals surface area contributed by atoms with Gasteiger partial charge >= 0.3 is 0 Å². The highest BCUT2D eigenvalue weighted by Crippen LogP contribution is 2.30. The topological polar surface area (TPSA) is 56.8 Å². The van der Waals surface area contributed by atoms with Gasteiger partial charge in [-0.15, -0.1) is 0 Å². The second kappa shape index (κ2) is 4.64. The van der Waals surface area contributed by atoms with Crippen LogP contribution in [0.15, 0.2) is 16.6 Å². The molecule has 70 valence electrons. The molecular weight excluding hydrogens is 244 g/mol. The summed E-state index contributed by atoms with van der Waals surface area (Å²) in [5, 5.41) is 17.3. The van der Waals surface area contributed by atoms with E-state index in [0.29, 0.717) is 15.8 Å². The average molecular weight is 251 g/mol. The highest BCUT2D eigenvalue weighted by atomic mass is 79.9. The summed E-state index contributed by atoms with van der Waals surface area (Å²) in [7, 11) is 1.53. The van der Waals surface area contributed by atoms with Crippen LogP contribution in [0.1, 0.15) is 11.1 Å². The van der Waals surface area contributed by atoms with Crippen molar-refractivity contribution in [2.24, 2.45) is 0 Å². The highest BCUT2D eigenvalue weighted by molar-refractivity contribution is 9.10. The molecule has 1 aromatic carbocycles. The van der Waals surface area contributed by atoms with Crippen LogP contribution in [0.3, 0.4) is 0 Å². The lowest BCUT2D eigenvalue weighted by atomic mass is 10.1. The predicted molar refractivity (Wildman–Crippen MR) is 54.7 cm³/mol. The molecule has 0 aromatic heterocycles. The molecule has 0 saturated carbocycles. The van der Waals surface area contributed by atoms with Crippen LogP contribution in [-0.4, -0.2) is 7.11 Å². The van der Waals surface area contributed by atoms with Crippen molar-refractivity contribution in [3.05, 3.63) is 27.7 Å². The Hall–Kier alpha value is -1.52. The second-order valence-corrected chi connectivity index (χ2v) is 3.45. The molecule has 0 radical (unpaired) electrons. The summed E-state index contributed by atoms with van der Waals surface area (Å²) < 4.78 is 5.82. The van der Waals surface area contributed by atoms with E-state index in [1.165, 1.54) is 7.11 Å². The fourth-order valence-electron chi connectivity index (χ4n) is 1.16. The minimum Gasteiger partial charge on any atom is -0.495 e. The molecule has 0 aliphatic carbocycles. The third-order valence-electron chi connectivity index (χ3n) is 1.72. The molecule has 0 spiro atoms. The second-order valence-electron chi connectivity index (χ2n) is 2.60. The maximum absolute atomic E-state index is 8.72. The largest absolute Gasteiger partial charge is 0.495 e. The fourth-order valence-corrected chi connectivity index (χ4v) is 1.82. The van der Waals surface area contributed by atoms with Crippen molar-refractivity contribution < 1.29 is 4.74 Å². The number of rotatable bonds is 2. The number of nitriles is 2. The van der Waals surface area contributed by atoms with Gasteiger partial charge in [0.25, 0.3) is 0 Å². The quantitative estimate of drug-likeness (QED) is 0.810. The summed E-state index contributed by atoms with van der Waals surface area (Å²) in [6.07, 6.45) is 0.233. The highest BCUT2D eigenvalue weighted by Gasteiger charge is 2.09. The number of halogens is 1. The van der Waals surface area contributed by atoms with Gasteiger partial charge in [-0.3, -0.25) is 0 Å². The van der Waals surface area contributed by atoms with E-state index in [0.717, 1.165) is 5.56 Å². The molecule has 4 heteroatoms. The van der Waals surface area contributed by atoms with Crippen LogP contribution in [0.5, 0.6) is 5.75 Å². The van der Waals surface area contributed by atoms with Gasteiger partial charge in [0.05, 0.1) is 35.7 Å². The standard InChI is InChI=1S/C10H7BrN2O/c1-14-10-8(2-3-12)4-7(6-13)5-9(10)11/h4-5H,2H2,1H3. The van der Waals surface area contributed by atoms with Gasteiger partial charge in [0.15, 0.2) is 0 Å². The van der Waals surface area contributed by atoms with Gasteiger partial charge in [-0.1, -0.05) is 0 Å². The lowest BCUT2D eigenvalue weighted by Gasteiger charge is -2.08. The Morgan fingerprint density at radius 2 is 2.14 bits per heavy atom. The van der Waals surface area contributed by atoms with Crippen LogP contribution in [0, 0.1) is 22.7 Å². The Bertz CT molecular complexity index is 429. The van der Waals surface area contributed by atoms with Crippen LogP contribution in [0.2, 0.25) is 0 Å². The molecule has 0 heterocycles. The molecule has 0 saturated heterocycles. The third-order valence-corrected chi connectivity index (χ3v) is 2.31. The van der Waals surface area contributed by atoms with Gasteiger partial charge in [0.1, 0.15) is 5.75 Å². The molecule has 3 nitrogen and oxygen atoms in total. The molecule has 0 fully saturated rings. The van der Waals surface area contributed by atoms with E-state index in [-0.39, 0.29) is 6.42 Å². The molecule has 1 rings (SSSR count). The molecule has 0 atom stereocenters. The lowest BCUT2D eigenvalue weighted by molar-refractivity contribution is 0.408. The normalized spacial score (nSPS) is 8.86. The molecule has 1 aromatic rings. The monoisotopic (exact) mass is 250 g/mol. The summed E-state index contributed by atoms with van der Waals surface area (Å²) in [6, 6.07) is 7.38. The van der Waals surface area contributed by atoms with Crippen LogP contribution in [0.25, 0.3) is 0 Å². The molecule has 0 aliphatic rings. The summed E-state index contributed by atoms with van der Waals surface area (Å²) in [6.45, 7) is 0. The van der Waals surface area contributed by atoms with Crippen LogP contribution >= 0.6 is 15.9 Å². The smallest absolute Gasteiger partial charge is 0.137 e. The fraction of sp³-hybridized carbons (Fsp3) is 0.200. The third kappa shape index (κ3) is 2.04. The molecular formula is C10H7BrN2O. The maximum atomic E-state index is 8.72. The minimum atomic E-state index is 0.233. The zero-order chi connectivity index (χ0) is 10.6. The number of methoxy groups -OCH3 is 1. The Labute approximate surface area is 90.7 Å². The average Bonchev–Trinajstić information content (AvgIpc) is 2.18. The summed E-state index contributed by atoms with van der Waals surface area (Å²) in [5.41, 5.74) is 1.24. The van der Waals surface area contributed by atoms with Crippen molar-refractivity contribution in [1.82, 2.24) is 0 Å². The number of benzene rings is 1. The summed E-state index contributed by atoms with van der Waals surface area (Å²) in [4.78, 5) is 0. The number of hydrogen-bond donors (Lipinski definition) is 0. The van der Waals surface area contributed by atoms with Crippen molar-refractivity contribution in [2.75, 3.05) is 7.11 Å². The first kappa shape index (κ1) is 10.6. The first-order chi connectivity index (χ1) is 6.72. The lowest BCUT2D eigenvalue weighted by Crippen LogP contribution is -1.93. The molecule has 0 bridgehead atoms. The van der Waals surface area contributed by atoms with Gasteiger partial charge in [0, 0.05) is 5.56 Å². The van der Waals surface area contributed by atoms with E-state index in [9.17, 15) is 0 Å². The van der Waals surface area contributed by atoms with Crippen LogP contribution < -0.4 is 4.74 Å². The molecule has 0 amide bonds. The summed E-state index contributed by atoms with van der Waals surface area (Å²) in [5.74, 6) is 0.616. The van der Waals surface area contributed by atoms with Crippen molar-refractivity contribution in [3.63, 3.8) is 0 Å². The van der Waals surface area contributed by atoms with Crippen molar-refractivity contribution in [1.29, 1.82) is 10.5 Å². The Morgan fingerprint density at radius 3 is 2.64 bits per heavy atom. The molecule has 14 heavy (non-hydrogen) atoms. The van der Waals surface area contributed by atoms with Gasteiger partial charge < -0.3 is 4.74 Å². The first-order valence-corrected chi connectivity index (χ1v) is 4.65. The summed E-state index contributed by atoms with van der Waals surface area (Å²) >= 11 is 3.28. The van der Waals surface area contributed by atoms with E-state index < -0.39 is 0 Å². The number of nitrogens with zero attached hydrogens (tertiary/aromatic N) is 2. The van der Waals surface area contributed by atoms with Crippen LogP contribution in [0.4, 0.5) is 0 Å². The van der Waals surface area contributed by atoms with Gasteiger partial charge in [-0.25, -0.2) is 0 Å². The SMILES string of the molecule is COc1c(Br)cc(C#N)cc1CC#N. The minimum absolute atomic E-state index is 0.233. The Balaban J connectivity index is 3.31. The van der Waals surface area contributed by atoms with E-state index >= 15 is 0 Å². The van der Waals surface area contributed by atoms with E-state index in [2.05, 4.69) is 15.9 Å².